The van der Waals surface area contributed by atoms with Crippen molar-refractivity contribution in [2.24, 2.45) is 0 Å². The molecule has 0 aromatic carbocycles. The predicted octanol–water partition coefficient (Wildman–Crippen LogP) is 3.09. The molecule has 0 unspecified atom stereocenters. The average Bonchev–Trinajstić information content (AvgIpc) is 3.11. The second-order valence-electron chi connectivity index (χ2n) is 5.28. The van der Waals surface area contributed by atoms with Crippen molar-refractivity contribution < 1.29 is 0 Å². The van der Waals surface area contributed by atoms with Gasteiger partial charge in [-0.1, -0.05) is 0 Å². The summed E-state index contributed by atoms with van der Waals surface area (Å²) in [6.45, 7) is 6.18. The molecule has 3 aromatic rings. The van der Waals surface area contributed by atoms with Gasteiger partial charge in [-0.3, -0.25) is 0 Å². The summed E-state index contributed by atoms with van der Waals surface area (Å²) in [7, 11) is 0. The Balaban J connectivity index is 1.83. The zero-order valence-corrected chi connectivity index (χ0v) is 13.6. The quantitative estimate of drug-likeness (QED) is 0.691. The minimum Gasteiger partial charge on any atom is -0.226 e. The molecule has 0 N–H and O–H groups in total. The number of hydrogen-bond donors (Lipinski definition) is 0. The fourth-order valence-corrected chi connectivity index (χ4v) is 4.47. The van der Waals surface area contributed by atoms with Gasteiger partial charge in [0.25, 0.3) is 0 Å². The van der Waals surface area contributed by atoms with Crippen LogP contribution in [0.2, 0.25) is 0 Å². The zero-order valence-electron chi connectivity index (χ0n) is 12.0. The maximum absolute atomic E-state index is 4.62. The Kier molecular flexibility index (Phi) is 2.97. The van der Waals surface area contributed by atoms with Gasteiger partial charge in [-0.25, -0.2) is 14.6 Å². The summed E-state index contributed by atoms with van der Waals surface area (Å²) in [6, 6.07) is 0.464. The molecule has 1 fully saturated rings. The highest BCUT2D eigenvalue weighted by Gasteiger charge is 2.28. The summed E-state index contributed by atoms with van der Waals surface area (Å²) < 4.78 is 1.92. The van der Waals surface area contributed by atoms with E-state index in [2.05, 4.69) is 39.3 Å². The highest BCUT2D eigenvalue weighted by atomic mass is 32.2. The first kappa shape index (κ1) is 13.1. The van der Waals surface area contributed by atoms with Crippen molar-refractivity contribution in [2.45, 2.75) is 49.8 Å². The van der Waals surface area contributed by atoms with E-state index in [1.165, 1.54) is 10.4 Å². The molecule has 8 heteroatoms. The number of fused-ring (bicyclic) bond motifs is 1. The highest BCUT2D eigenvalue weighted by Crippen LogP contribution is 2.40. The van der Waals surface area contributed by atoms with E-state index in [1.807, 2.05) is 11.6 Å². The highest BCUT2D eigenvalue weighted by molar-refractivity contribution is 7.99. The SMILES string of the molecule is Cc1nc(Sc2nnnn2C2CC2)c2c(C)c(C)sc2n1. The number of aromatic nitrogens is 6. The molecule has 3 heterocycles. The monoisotopic (exact) mass is 318 g/mol. The summed E-state index contributed by atoms with van der Waals surface area (Å²) in [5.74, 6) is 0.789. The van der Waals surface area contributed by atoms with E-state index in [9.17, 15) is 0 Å². The third-order valence-electron chi connectivity index (χ3n) is 3.65. The third kappa shape index (κ3) is 2.22. The number of tetrazole rings is 1. The molecular formula is C13H14N6S2. The lowest BCUT2D eigenvalue weighted by Gasteiger charge is -2.05. The van der Waals surface area contributed by atoms with Crippen molar-refractivity contribution in [1.82, 2.24) is 30.2 Å². The summed E-state index contributed by atoms with van der Waals surface area (Å²) in [5, 5.41) is 15.0. The second-order valence-corrected chi connectivity index (χ2v) is 7.44. The van der Waals surface area contributed by atoms with Crippen molar-refractivity contribution in [2.75, 3.05) is 0 Å². The van der Waals surface area contributed by atoms with Gasteiger partial charge in [-0.05, 0) is 61.4 Å². The molecule has 6 nitrogen and oxygen atoms in total. The van der Waals surface area contributed by atoms with Gasteiger partial charge in [0.15, 0.2) is 0 Å². The smallest absolute Gasteiger partial charge is 0.215 e. The maximum atomic E-state index is 4.62. The molecule has 0 saturated heterocycles. The molecule has 0 spiro atoms. The van der Waals surface area contributed by atoms with Gasteiger partial charge < -0.3 is 0 Å². The van der Waals surface area contributed by atoms with E-state index in [0.29, 0.717) is 6.04 Å². The first-order valence-corrected chi connectivity index (χ1v) is 8.47. The molecule has 0 atom stereocenters. The lowest BCUT2D eigenvalue weighted by molar-refractivity contribution is 0.565. The molecule has 0 bridgehead atoms. The average molecular weight is 318 g/mol. The number of hydrogen-bond acceptors (Lipinski definition) is 7. The Hall–Kier alpha value is -1.54. The fraction of sp³-hybridized carbons (Fsp3) is 0.462. The third-order valence-corrected chi connectivity index (χ3v) is 5.69. The first-order chi connectivity index (χ1) is 10.1. The summed E-state index contributed by atoms with van der Waals surface area (Å²) in [5.41, 5.74) is 1.25. The predicted molar refractivity (Wildman–Crippen MR) is 81.8 cm³/mol. The minimum absolute atomic E-state index is 0.464. The van der Waals surface area contributed by atoms with Gasteiger partial charge in [0, 0.05) is 10.3 Å². The molecular weight excluding hydrogens is 304 g/mol. The Bertz CT molecular complexity index is 833. The van der Waals surface area contributed by atoms with Crippen LogP contribution >= 0.6 is 23.1 Å². The van der Waals surface area contributed by atoms with Gasteiger partial charge in [0.05, 0.1) is 6.04 Å². The van der Waals surface area contributed by atoms with Crippen LogP contribution in [0.5, 0.6) is 0 Å². The summed E-state index contributed by atoms with van der Waals surface area (Å²) in [4.78, 5) is 11.5. The van der Waals surface area contributed by atoms with E-state index in [4.69, 9.17) is 0 Å². The molecule has 1 aliphatic rings. The van der Waals surface area contributed by atoms with Crippen LogP contribution < -0.4 is 0 Å². The van der Waals surface area contributed by atoms with Crippen molar-refractivity contribution in [1.29, 1.82) is 0 Å². The van der Waals surface area contributed by atoms with Crippen LogP contribution in [0, 0.1) is 20.8 Å². The Morgan fingerprint density at radius 2 is 2.00 bits per heavy atom. The van der Waals surface area contributed by atoms with Crippen LogP contribution in [-0.4, -0.2) is 30.2 Å². The number of thiophene rings is 1. The van der Waals surface area contributed by atoms with Crippen LogP contribution in [0.3, 0.4) is 0 Å². The first-order valence-electron chi connectivity index (χ1n) is 6.83. The minimum atomic E-state index is 0.464. The van der Waals surface area contributed by atoms with Gasteiger partial charge in [-0.2, -0.15) is 0 Å². The molecule has 21 heavy (non-hydrogen) atoms. The Labute approximate surface area is 130 Å². The van der Waals surface area contributed by atoms with E-state index in [-0.39, 0.29) is 0 Å². The van der Waals surface area contributed by atoms with Crippen LogP contribution in [-0.2, 0) is 0 Å². The molecule has 0 radical (unpaired) electrons. The number of nitrogens with zero attached hydrogens (tertiary/aromatic N) is 6. The Morgan fingerprint density at radius 1 is 1.19 bits per heavy atom. The Morgan fingerprint density at radius 3 is 2.76 bits per heavy atom. The van der Waals surface area contributed by atoms with Crippen molar-refractivity contribution in [3.8, 4) is 0 Å². The van der Waals surface area contributed by atoms with Crippen LogP contribution in [0.1, 0.15) is 35.1 Å². The van der Waals surface area contributed by atoms with E-state index < -0.39 is 0 Å². The molecule has 1 saturated carbocycles. The molecule has 4 rings (SSSR count). The molecule has 1 aliphatic carbocycles. The van der Waals surface area contributed by atoms with E-state index in [1.54, 1.807) is 23.1 Å². The number of rotatable bonds is 3. The van der Waals surface area contributed by atoms with Crippen LogP contribution in [0.15, 0.2) is 10.2 Å². The van der Waals surface area contributed by atoms with Crippen molar-refractivity contribution in [3.63, 3.8) is 0 Å². The molecule has 0 aliphatic heterocycles. The van der Waals surface area contributed by atoms with Gasteiger partial charge in [0.2, 0.25) is 5.16 Å². The maximum Gasteiger partial charge on any atom is 0.215 e. The number of aryl methyl sites for hydroxylation is 3. The fourth-order valence-electron chi connectivity index (χ4n) is 2.28. The summed E-state index contributed by atoms with van der Waals surface area (Å²) in [6.07, 6.45) is 2.32. The molecule has 0 amide bonds. The van der Waals surface area contributed by atoms with Gasteiger partial charge in [-0.15, -0.1) is 16.4 Å². The van der Waals surface area contributed by atoms with Crippen molar-refractivity contribution >= 4 is 33.3 Å². The largest absolute Gasteiger partial charge is 0.226 e. The zero-order chi connectivity index (χ0) is 14.6. The van der Waals surface area contributed by atoms with Gasteiger partial charge in [0.1, 0.15) is 15.7 Å². The topological polar surface area (TPSA) is 69.4 Å². The summed E-state index contributed by atoms with van der Waals surface area (Å²) >= 11 is 3.26. The normalized spacial score (nSPS) is 15.0. The standard InChI is InChI=1S/C13H14N6S2/c1-6-7(2)20-11-10(6)12(15-8(3)14-11)21-13-16-17-18-19(13)9-4-5-9/h9H,4-5H2,1-3H3. The molecule has 108 valence electrons. The second kappa shape index (κ2) is 4.74. The van der Waals surface area contributed by atoms with E-state index >= 15 is 0 Å². The van der Waals surface area contributed by atoms with Crippen LogP contribution in [0.25, 0.3) is 10.2 Å². The van der Waals surface area contributed by atoms with E-state index in [0.717, 1.165) is 39.1 Å². The van der Waals surface area contributed by atoms with Crippen LogP contribution in [0.4, 0.5) is 0 Å². The van der Waals surface area contributed by atoms with Crippen molar-refractivity contribution in [3.05, 3.63) is 16.3 Å². The van der Waals surface area contributed by atoms with Gasteiger partial charge >= 0.3 is 0 Å². The lowest BCUT2D eigenvalue weighted by Crippen LogP contribution is -1.99. The lowest BCUT2D eigenvalue weighted by atomic mass is 10.2. The molecule has 3 aromatic heterocycles.